The molecule has 0 radical (unpaired) electrons. The fraction of sp³-hybridized carbons (Fsp3) is 0.333. The lowest BCUT2D eigenvalue weighted by Crippen LogP contribution is -2.50. The molecule has 0 aliphatic rings. The van der Waals surface area contributed by atoms with E-state index in [0.29, 0.717) is 0 Å². The zero-order valence-electron chi connectivity index (χ0n) is 14.5. The van der Waals surface area contributed by atoms with E-state index >= 15 is 0 Å². The van der Waals surface area contributed by atoms with Gasteiger partial charge in [-0.3, -0.25) is 9.78 Å². The van der Waals surface area contributed by atoms with Crippen LogP contribution in [0.25, 0.3) is 5.69 Å². The van der Waals surface area contributed by atoms with Gasteiger partial charge in [0.15, 0.2) is 5.75 Å². The van der Waals surface area contributed by atoms with Gasteiger partial charge in [-0.2, -0.15) is 15.4 Å². The van der Waals surface area contributed by atoms with Crippen LogP contribution in [0.1, 0.15) is 19.5 Å². The van der Waals surface area contributed by atoms with Crippen LogP contribution in [-0.4, -0.2) is 38.5 Å². The minimum absolute atomic E-state index is 0.0422. The summed E-state index contributed by atoms with van der Waals surface area (Å²) in [5, 5.41) is 22.1. The molecule has 0 bridgehead atoms. The Morgan fingerprint density at radius 3 is 2.46 bits per heavy atom. The summed E-state index contributed by atoms with van der Waals surface area (Å²) in [5.74, 6) is -0.132. The van der Waals surface area contributed by atoms with E-state index < -0.39 is 35.6 Å². The number of hydrogen-bond acceptors (Lipinski definition) is 8. The quantitative estimate of drug-likeness (QED) is 0.367. The maximum Gasteiger partial charge on any atom is 0.349 e. The number of benzene rings is 1. The minimum Gasteiger partial charge on any atom is -0.447 e. The summed E-state index contributed by atoms with van der Waals surface area (Å²) in [6.45, 7) is 2.88. The van der Waals surface area contributed by atoms with E-state index in [-0.39, 0.29) is 21.5 Å². The summed E-state index contributed by atoms with van der Waals surface area (Å²) in [6.07, 6.45) is -2.81. The number of aromatic nitrogens is 3. The Bertz CT molecular complexity index is 996. The monoisotopic (exact) mass is 432 g/mol. The van der Waals surface area contributed by atoms with E-state index in [1.807, 2.05) is 4.98 Å². The third-order valence-corrected chi connectivity index (χ3v) is 4.08. The maximum atomic E-state index is 13.1. The molecular weight excluding hydrogens is 418 g/mol. The second-order valence-electron chi connectivity index (χ2n) is 5.60. The summed E-state index contributed by atoms with van der Waals surface area (Å²) < 4.78 is 19.0. The first-order valence-electron chi connectivity index (χ1n) is 7.77. The number of hydrogen-bond donors (Lipinski definition) is 4. The molecule has 10 nitrogen and oxygen atoms in total. The van der Waals surface area contributed by atoms with Crippen molar-refractivity contribution in [3.63, 3.8) is 0 Å². The van der Waals surface area contributed by atoms with Crippen molar-refractivity contribution in [2.75, 3.05) is 0 Å². The van der Waals surface area contributed by atoms with Crippen LogP contribution in [0.5, 0.6) is 5.75 Å². The number of aromatic amines is 1. The lowest BCUT2D eigenvalue weighted by atomic mass is 10.2. The van der Waals surface area contributed by atoms with E-state index in [4.69, 9.17) is 33.2 Å². The standard InChI is InChI=1S/C15H15Cl2FN6O4/c1-6(18)7(2)21-22-15(27)28-12-9(16)3-8(4-10(12)17)24-14(26)20-13(25)11(5-19)23-24/h3-4,6-7,15,21-22,27H,1-2H3,(H,20,25,26)/t6?,7-,15?/m0/s1. The molecule has 1 aromatic carbocycles. The largest absolute Gasteiger partial charge is 0.447 e. The van der Waals surface area contributed by atoms with Crippen molar-refractivity contribution in [3.8, 4) is 17.5 Å². The fourth-order valence-corrected chi connectivity index (χ4v) is 2.45. The number of H-pyrrole nitrogens is 1. The van der Waals surface area contributed by atoms with Crippen molar-refractivity contribution in [1.29, 1.82) is 5.26 Å². The van der Waals surface area contributed by atoms with E-state index in [2.05, 4.69) is 16.0 Å². The molecule has 0 aliphatic heterocycles. The first kappa shape index (κ1) is 21.8. The van der Waals surface area contributed by atoms with Crippen LogP contribution in [0, 0.1) is 11.3 Å². The summed E-state index contributed by atoms with van der Waals surface area (Å²) in [7, 11) is 0. The molecule has 1 aromatic heterocycles. The highest BCUT2D eigenvalue weighted by Crippen LogP contribution is 2.35. The van der Waals surface area contributed by atoms with Crippen molar-refractivity contribution in [2.24, 2.45) is 0 Å². The Kier molecular flexibility index (Phi) is 7.11. The van der Waals surface area contributed by atoms with Gasteiger partial charge in [0.05, 0.1) is 15.7 Å². The second kappa shape index (κ2) is 9.13. The SMILES string of the molecule is CC(F)[C@H](C)NNC(O)Oc1c(Cl)cc(-n2nc(C#N)c(=O)[nH]c2=O)cc1Cl. The molecule has 4 N–H and O–H groups in total. The smallest absolute Gasteiger partial charge is 0.349 e. The fourth-order valence-electron chi connectivity index (χ4n) is 1.89. The lowest BCUT2D eigenvalue weighted by molar-refractivity contribution is -0.0586. The third kappa shape index (κ3) is 5.06. The van der Waals surface area contributed by atoms with Crippen LogP contribution >= 0.6 is 23.2 Å². The van der Waals surface area contributed by atoms with E-state index in [0.717, 1.165) is 4.68 Å². The van der Waals surface area contributed by atoms with Gasteiger partial charge in [-0.1, -0.05) is 23.2 Å². The van der Waals surface area contributed by atoms with Gasteiger partial charge in [0, 0.05) is 6.04 Å². The summed E-state index contributed by atoms with van der Waals surface area (Å²) in [4.78, 5) is 25.3. The van der Waals surface area contributed by atoms with Gasteiger partial charge in [0.2, 0.25) is 5.69 Å². The number of nitrogens with one attached hydrogen (secondary N) is 3. The van der Waals surface area contributed by atoms with Crippen molar-refractivity contribution < 1.29 is 14.2 Å². The van der Waals surface area contributed by atoms with Crippen molar-refractivity contribution in [2.45, 2.75) is 32.5 Å². The van der Waals surface area contributed by atoms with Gasteiger partial charge in [-0.25, -0.2) is 14.6 Å². The molecule has 0 amide bonds. The predicted molar refractivity (Wildman–Crippen MR) is 98.1 cm³/mol. The highest BCUT2D eigenvalue weighted by Gasteiger charge is 2.18. The Morgan fingerprint density at radius 1 is 1.32 bits per heavy atom. The van der Waals surface area contributed by atoms with E-state index in [1.54, 1.807) is 13.0 Å². The predicted octanol–water partition coefficient (Wildman–Crippen LogP) is 0.595. The van der Waals surface area contributed by atoms with Gasteiger partial charge in [0.1, 0.15) is 12.2 Å². The van der Waals surface area contributed by atoms with Gasteiger partial charge >= 0.3 is 5.69 Å². The van der Waals surface area contributed by atoms with Crippen LogP contribution in [-0.2, 0) is 0 Å². The highest BCUT2D eigenvalue weighted by molar-refractivity contribution is 6.37. The maximum absolute atomic E-state index is 13.1. The molecular formula is C15H15Cl2FN6O4. The Hall–Kier alpha value is -2.49. The molecule has 2 rings (SSSR count). The Morgan fingerprint density at radius 2 is 1.93 bits per heavy atom. The molecule has 0 aliphatic carbocycles. The van der Waals surface area contributed by atoms with Crippen LogP contribution < -0.4 is 26.8 Å². The van der Waals surface area contributed by atoms with Gasteiger partial charge in [-0.15, -0.1) is 5.10 Å². The number of nitriles is 1. The molecule has 2 unspecified atom stereocenters. The number of halogens is 3. The average molecular weight is 433 g/mol. The number of nitrogens with zero attached hydrogens (tertiary/aromatic N) is 3. The first-order chi connectivity index (χ1) is 13.1. The summed E-state index contributed by atoms with van der Waals surface area (Å²) in [5.41, 5.74) is 2.49. The Balaban J connectivity index is 2.28. The summed E-state index contributed by atoms with van der Waals surface area (Å²) in [6, 6.07) is 3.39. The zero-order chi connectivity index (χ0) is 21.0. The molecule has 0 saturated heterocycles. The third-order valence-electron chi connectivity index (χ3n) is 3.51. The number of aliphatic hydroxyl groups is 1. The van der Waals surface area contributed by atoms with Crippen LogP contribution in [0.4, 0.5) is 4.39 Å². The topological polar surface area (TPSA) is 145 Å². The molecule has 3 atom stereocenters. The first-order valence-corrected chi connectivity index (χ1v) is 8.52. The molecule has 13 heteroatoms. The normalized spacial score (nSPS) is 14.2. The Labute approximate surface area is 167 Å². The molecule has 0 spiro atoms. The molecule has 150 valence electrons. The molecule has 2 aromatic rings. The number of rotatable bonds is 7. The molecule has 28 heavy (non-hydrogen) atoms. The van der Waals surface area contributed by atoms with Gasteiger partial charge < -0.3 is 9.84 Å². The van der Waals surface area contributed by atoms with Crippen molar-refractivity contribution in [1.82, 2.24) is 25.6 Å². The number of alkyl halides is 1. The van der Waals surface area contributed by atoms with Gasteiger partial charge in [-0.05, 0) is 26.0 Å². The minimum atomic E-state index is -1.62. The van der Waals surface area contributed by atoms with Crippen LogP contribution in [0.3, 0.4) is 0 Å². The van der Waals surface area contributed by atoms with Crippen LogP contribution in [0.15, 0.2) is 21.7 Å². The molecule has 0 saturated carbocycles. The van der Waals surface area contributed by atoms with Crippen molar-refractivity contribution in [3.05, 3.63) is 48.7 Å². The number of hydrazine groups is 1. The van der Waals surface area contributed by atoms with Crippen molar-refractivity contribution >= 4 is 23.2 Å². The van der Waals surface area contributed by atoms with Crippen LogP contribution in [0.2, 0.25) is 10.0 Å². The number of ether oxygens (including phenoxy) is 1. The lowest BCUT2D eigenvalue weighted by Gasteiger charge is -2.21. The highest BCUT2D eigenvalue weighted by atomic mass is 35.5. The number of aliphatic hydroxyl groups excluding tert-OH is 1. The van der Waals surface area contributed by atoms with E-state index in [9.17, 15) is 19.1 Å². The zero-order valence-corrected chi connectivity index (χ0v) is 16.0. The summed E-state index contributed by atoms with van der Waals surface area (Å²) >= 11 is 12.2. The molecule has 0 fully saturated rings. The second-order valence-corrected chi connectivity index (χ2v) is 6.41. The van der Waals surface area contributed by atoms with Gasteiger partial charge in [0.25, 0.3) is 12.0 Å². The molecule has 1 heterocycles. The average Bonchev–Trinajstić information content (AvgIpc) is 2.62. The van der Waals surface area contributed by atoms with E-state index in [1.165, 1.54) is 19.1 Å².